The van der Waals surface area contributed by atoms with Crippen molar-refractivity contribution in [3.63, 3.8) is 0 Å². The van der Waals surface area contributed by atoms with Crippen LogP contribution >= 0.6 is 11.6 Å². The number of aliphatic hydroxyl groups excluding tert-OH is 1. The van der Waals surface area contributed by atoms with E-state index in [2.05, 4.69) is 9.97 Å². The molecule has 0 aliphatic rings. The molecule has 0 aliphatic carbocycles. The first kappa shape index (κ1) is 13.1. The van der Waals surface area contributed by atoms with Crippen LogP contribution in [0.3, 0.4) is 0 Å². The van der Waals surface area contributed by atoms with Gasteiger partial charge in [-0.25, -0.2) is 9.97 Å². The highest BCUT2D eigenvalue weighted by Gasteiger charge is 2.13. The molecular weight excluding hydrogens is 228 g/mol. The predicted octanol–water partition coefficient (Wildman–Crippen LogP) is 1.52. The summed E-state index contributed by atoms with van der Waals surface area (Å²) in [6.07, 6.45) is 0.916. The number of hydrogen-bond donors (Lipinski definition) is 1. The van der Waals surface area contributed by atoms with E-state index in [-0.39, 0.29) is 24.0 Å². The van der Waals surface area contributed by atoms with E-state index >= 15 is 0 Å². The SMILES string of the molecule is CC(C)C(=O)Cc1nccc([C@@H](O)CCl)n1. The molecule has 1 N–H and O–H groups in total. The van der Waals surface area contributed by atoms with Gasteiger partial charge < -0.3 is 5.11 Å². The summed E-state index contributed by atoms with van der Waals surface area (Å²) in [5, 5.41) is 9.49. The highest BCUT2D eigenvalue weighted by atomic mass is 35.5. The predicted molar refractivity (Wildman–Crippen MR) is 61.3 cm³/mol. The monoisotopic (exact) mass is 242 g/mol. The lowest BCUT2D eigenvalue weighted by Gasteiger charge is -2.08. The third-order valence-corrected chi connectivity index (χ3v) is 2.48. The fourth-order valence-corrected chi connectivity index (χ4v) is 1.28. The molecule has 0 fully saturated rings. The van der Waals surface area contributed by atoms with E-state index < -0.39 is 6.10 Å². The molecule has 1 aromatic rings. The van der Waals surface area contributed by atoms with Crippen LogP contribution in [0.1, 0.15) is 31.5 Å². The van der Waals surface area contributed by atoms with Gasteiger partial charge in [-0.05, 0) is 6.07 Å². The summed E-state index contributed by atoms with van der Waals surface area (Å²) in [7, 11) is 0. The number of alkyl halides is 1. The Kier molecular flexibility index (Phi) is 4.83. The number of carbonyl (C=O) groups is 1. The lowest BCUT2D eigenvalue weighted by molar-refractivity contribution is -0.121. The molecule has 0 saturated heterocycles. The van der Waals surface area contributed by atoms with Gasteiger partial charge in [0.25, 0.3) is 0 Å². The van der Waals surface area contributed by atoms with Crippen molar-refractivity contribution in [3.05, 3.63) is 23.8 Å². The van der Waals surface area contributed by atoms with Gasteiger partial charge >= 0.3 is 0 Å². The zero-order valence-corrected chi connectivity index (χ0v) is 10.1. The maximum atomic E-state index is 11.5. The molecule has 0 aliphatic heterocycles. The first-order chi connectivity index (χ1) is 7.54. The first-order valence-corrected chi connectivity index (χ1v) is 5.66. The Hall–Kier alpha value is -1.00. The van der Waals surface area contributed by atoms with E-state index in [4.69, 9.17) is 11.6 Å². The van der Waals surface area contributed by atoms with Crippen LogP contribution < -0.4 is 0 Å². The highest BCUT2D eigenvalue weighted by molar-refractivity contribution is 6.18. The maximum absolute atomic E-state index is 11.5. The Bertz CT molecular complexity index is 369. The molecule has 1 atom stereocenters. The van der Waals surface area contributed by atoms with Gasteiger partial charge in [0.2, 0.25) is 0 Å². The second-order valence-electron chi connectivity index (χ2n) is 3.87. The Morgan fingerprint density at radius 3 is 2.81 bits per heavy atom. The molecule has 1 heterocycles. The zero-order valence-electron chi connectivity index (χ0n) is 9.35. The van der Waals surface area contributed by atoms with Crippen molar-refractivity contribution in [1.82, 2.24) is 9.97 Å². The second kappa shape index (κ2) is 5.92. The van der Waals surface area contributed by atoms with E-state index in [0.717, 1.165) is 0 Å². The number of hydrogen-bond acceptors (Lipinski definition) is 4. The Balaban J connectivity index is 2.78. The molecule has 5 heteroatoms. The average Bonchev–Trinajstić information content (AvgIpc) is 2.28. The Morgan fingerprint density at radius 1 is 1.56 bits per heavy atom. The third kappa shape index (κ3) is 3.54. The molecule has 0 aromatic carbocycles. The maximum Gasteiger partial charge on any atom is 0.142 e. The van der Waals surface area contributed by atoms with Crippen molar-refractivity contribution in [1.29, 1.82) is 0 Å². The van der Waals surface area contributed by atoms with Crippen LogP contribution in [0.4, 0.5) is 0 Å². The van der Waals surface area contributed by atoms with Crippen molar-refractivity contribution < 1.29 is 9.90 Å². The summed E-state index contributed by atoms with van der Waals surface area (Å²) in [5.74, 6) is 0.553. The molecule has 0 amide bonds. The molecule has 1 rings (SSSR count). The minimum absolute atomic E-state index is 0.0368. The van der Waals surface area contributed by atoms with Gasteiger partial charge in [-0.3, -0.25) is 4.79 Å². The second-order valence-corrected chi connectivity index (χ2v) is 4.17. The van der Waals surface area contributed by atoms with E-state index in [1.807, 2.05) is 13.8 Å². The molecule has 0 spiro atoms. The fourth-order valence-electron chi connectivity index (χ4n) is 1.12. The topological polar surface area (TPSA) is 63.1 Å². The zero-order chi connectivity index (χ0) is 12.1. The summed E-state index contributed by atoms with van der Waals surface area (Å²) in [6.45, 7) is 3.67. The number of Topliss-reactive ketones (excluding diaryl/α,β-unsaturated/α-hetero) is 1. The molecular formula is C11H15ClN2O2. The van der Waals surface area contributed by atoms with Crippen LogP contribution in [0, 0.1) is 5.92 Å². The number of halogens is 1. The minimum atomic E-state index is -0.808. The van der Waals surface area contributed by atoms with Gasteiger partial charge in [0.15, 0.2) is 0 Å². The van der Waals surface area contributed by atoms with E-state index in [1.165, 1.54) is 6.20 Å². The summed E-state index contributed by atoms with van der Waals surface area (Å²) in [5.41, 5.74) is 0.455. The lowest BCUT2D eigenvalue weighted by Crippen LogP contribution is -2.14. The number of rotatable bonds is 5. The number of ketones is 1. The van der Waals surface area contributed by atoms with Crippen molar-refractivity contribution >= 4 is 17.4 Å². The van der Waals surface area contributed by atoms with Gasteiger partial charge in [0, 0.05) is 12.1 Å². The molecule has 16 heavy (non-hydrogen) atoms. The van der Waals surface area contributed by atoms with Gasteiger partial charge in [-0.1, -0.05) is 13.8 Å². The summed E-state index contributed by atoms with van der Waals surface area (Å²) in [4.78, 5) is 19.6. The van der Waals surface area contributed by atoms with Crippen LogP contribution in [0.25, 0.3) is 0 Å². The lowest BCUT2D eigenvalue weighted by atomic mass is 10.1. The van der Waals surface area contributed by atoms with Crippen LogP contribution in [0.15, 0.2) is 12.3 Å². The van der Waals surface area contributed by atoms with Gasteiger partial charge in [0.1, 0.15) is 17.7 Å². The van der Waals surface area contributed by atoms with Gasteiger partial charge in [-0.2, -0.15) is 0 Å². The van der Waals surface area contributed by atoms with Crippen molar-refractivity contribution in [2.24, 2.45) is 5.92 Å². The molecule has 4 nitrogen and oxygen atoms in total. The number of aliphatic hydroxyl groups is 1. The van der Waals surface area contributed by atoms with Crippen LogP contribution in [-0.4, -0.2) is 26.7 Å². The van der Waals surface area contributed by atoms with Gasteiger partial charge in [-0.15, -0.1) is 11.6 Å². The normalized spacial score (nSPS) is 12.8. The fraction of sp³-hybridized carbons (Fsp3) is 0.545. The Labute approximate surface area is 99.7 Å². The van der Waals surface area contributed by atoms with E-state index in [1.54, 1.807) is 6.07 Å². The van der Waals surface area contributed by atoms with Gasteiger partial charge in [0.05, 0.1) is 18.0 Å². The smallest absolute Gasteiger partial charge is 0.142 e. The van der Waals surface area contributed by atoms with E-state index in [0.29, 0.717) is 11.5 Å². The van der Waals surface area contributed by atoms with Crippen LogP contribution in [0.5, 0.6) is 0 Å². The highest BCUT2D eigenvalue weighted by Crippen LogP contribution is 2.11. The van der Waals surface area contributed by atoms with E-state index in [9.17, 15) is 9.90 Å². The molecule has 0 radical (unpaired) electrons. The molecule has 0 bridgehead atoms. The van der Waals surface area contributed by atoms with Crippen LogP contribution in [-0.2, 0) is 11.2 Å². The molecule has 0 saturated carbocycles. The summed E-state index contributed by atoms with van der Waals surface area (Å²) >= 11 is 5.52. The molecule has 88 valence electrons. The number of nitrogens with zero attached hydrogens (tertiary/aromatic N) is 2. The molecule has 1 aromatic heterocycles. The summed E-state index contributed by atoms with van der Waals surface area (Å²) in [6, 6.07) is 1.59. The largest absolute Gasteiger partial charge is 0.386 e. The summed E-state index contributed by atoms with van der Waals surface area (Å²) < 4.78 is 0. The van der Waals surface area contributed by atoms with Crippen molar-refractivity contribution in [2.75, 3.05) is 5.88 Å². The number of aromatic nitrogens is 2. The van der Waals surface area contributed by atoms with Crippen molar-refractivity contribution in [3.8, 4) is 0 Å². The quantitative estimate of drug-likeness (QED) is 0.796. The third-order valence-electron chi connectivity index (χ3n) is 2.19. The first-order valence-electron chi connectivity index (χ1n) is 5.13. The van der Waals surface area contributed by atoms with Crippen LogP contribution in [0.2, 0.25) is 0 Å². The molecule has 0 unspecified atom stereocenters. The number of carbonyl (C=O) groups excluding carboxylic acids is 1. The minimum Gasteiger partial charge on any atom is -0.386 e. The average molecular weight is 243 g/mol. The standard InChI is InChI=1S/C11H15ClN2O2/c1-7(2)9(15)5-11-13-4-3-8(14-11)10(16)6-12/h3-4,7,10,16H,5-6H2,1-2H3/t10-/m0/s1. The Morgan fingerprint density at radius 2 is 2.25 bits per heavy atom. The van der Waals surface area contributed by atoms with Crippen molar-refractivity contribution in [2.45, 2.75) is 26.4 Å².